The summed E-state index contributed by atoms with van der Waals surface area (Å²) in [7, 11) is 0. The predicted octanol–water partition coefficient (Wildman–Crippen LogP) is 6.53. The van der Waals surface area contributed by atoms with Crippen molar-refractivity contribution >= 4 is 33.6 Å². The zero-order valence-corrected chi connectivity index (χ0v) is 16.3. The molecule has 0 amide bonds. The summed E-state index contributed by atoms with van der Waals surface area (Å²) in [6.07, 6.45) is 0. The van der Waals surface area contributed by atoms with Gasteiger partial charge >= 0.3 is 0 Å². The summed E-state index contributed by atoms with van der Waals surface area (Å²) < 4.78 is 2.37. The van der Waals surface area contributed by atoms with Crippen molar-refractivity contribution in [3.05, 3.63) is 108 Å². The molecule has 4 aromatic carbocycles. The molecule has 0 fully saturated rings. The van der Waals surface area contributed by atoms with Gasteiger partial charge in [0.1, 0.15) is 5.82 Å². The third kappa shape index (κ3) is 3.30. The molecule has 3 heteroatoms. The Morgan fingerprint density at radius 2 is 1.46 bits per heavy atom. The molecular weight excluding hydrogens is 360 g/mol. The Morgan fingerprint density at radius 1 is 0.714 bits per heavy atom. The molecule has 0 saturated heterocycles. The van der Waals surface area contributed by atoms with E-state index in [1.807, 2.05) is 11.8 Å². The van der Waals surface area contributed by atoms with Crippen LogP contribution >= 0.6 is 11.8 Å². The van der Waals surface area contributed by atoms with Crippen molar-refractivity contribution in [3.63, 3.8) is 0 Å². The summed E-state index contributed by atoms with van der Waals surface area (Å²) in [6, 6.07) is 34.1. The summed E-state index contributed by atoms with van der Waals surface area (Å²) >= 11 is 1.83. The third-order valence-electron chi connectivity index (χ3n) is 5.05. The first-order valence-corrected chi connectivity index (χ1v) is 10.5. The van der Waals surface area contributed by atoms with Gasteiger partial charge in [0.05, 0.1) is 16.8 Å². The third-order valence-corrected chi connectivity index (χ3v) is 6.06. The number of rotatable bonds is 5. The minimum atomic E-state index is 0.826. The van der Waals surface area contributed by atoms with Crippen molar-refractivity contribution in [2.24, 2.45) is 0 Å². The van der Waals surface area contributed by atoms with Gasteiger partial charge in [0.25, 0.3) is 0 Å². The number of para-hydroxylation sites is 2. The first-order valence-electron chi connectivity index (χ1n) is 9.47. The Morgan fingerprint density at radius 3 is 2.39 bits per heavy atom. The molecule has 1 aromatic heterocycles. The predicted molar refractivity (Wildman–Crippen MR) is 119 cm³/mol. The van der Waals surface area contributed by atoms with E-state index in [9.17, 15) is 0 Å². The molecule has 0 spiro atoms. The van der Waals surface area contributed by atoms with Gasteiger partial charge in [-0.1, -0.05) is 72.8 Å². The van der Waals surface area contributed by atoms with Gasteiger partial charge in [-0.15, -0.1) is 11.8 Å². The van der Waals surface area contributed by atoms with E-state index < -0.39 is 0 Å². The number of hydrogen-bond donors (Lipinski definition) is 0. The van der Waals surface area contributed by atoms with E-state index in [2.05, 4.69) is 102 Å². The van der Waals surface area contributed by atoms with E-state index in [-0.39, 0.29) is 0 Å². The number of imidazole rings is 1. The molecule has 0 bridgehead atoms. The number of hydrogen-bond acceptors (Lipinski definition) is 2. The largest absolute Gasteiger partial charge is 0.323 e. The second-order valence-corrected chi connectivity index (χ2v) is 7.89. The van der Waals surface area contributed by atoms with E-state index in [4.69, 9.17) is 4.98 Å². The lowest BCUT2D eigenvalue weighted by Gasteiger charge is -2.12. The molecule has 5 aromatic rings. The van der Waals surface area contributed by atoms with Gasteiger partial charge in [0.2, 0.25) is 0 Å². The first-order chi connectivity index (χ1) is 13.9. The van der Waals surface area contributed by atoms with Crippen LogP contribution in [-0.2, 0) is 12.3 Å². The van der Waals surface area contributed by atoms with Crippen LogP contribution in [-0.4, -0.2) is 9.55 Å². The van der Waals surface area contributed by atoms with Crippen molar-refractivity contribution in [2.45, 2.75) is 17.2 Å². The number of nitrogens with zero attached hydrogens (tertiary/aromatic N) is 2. The van der Waals surface area contributed by atoms with E-state index in [0.717, 1.165) is 23.6 Å². The van der Waals surface area contributed by atoms with Crippen LogP contribution < -0.4 is 0 Å². The Kier molecular flexibility index (Phi) is 4.59. The summed E-state index contributed by atoms with van der Waals surface area (Å²) in [5, 5.41) is 2.59. The molecule has 0 saturated carbocycles. The molecule has 0 N–H and O–H groups in total. The molecule has 0 radical (unpaired) electrons. The summed E-state index contributed by atoms with van der Waals surface area (Å²) in [4.78, 5) is 6.22. The fourth-order valence-electron chi connectivity index (χ4n) is 3.68. The van der Waals surface area contributed by atoms with Gasteiger partial charge in [-0.25, -0.2) is 4.98 Å². The zero-order chi connectivity index (χ0) is 18.8. The van der Waals surface area contributed by atoms with Gasteiger partial charge in [0, 0.05) is 11.4 Å². The van der Waals surface area contributed by atoms with Crippen LogP contribution in [0.5, 0.6) is 0 Å². The Hall–Kier alpha value is -3.04. The van der Waals surface area contributed by atoms with Crippen molar-refractivity contribution in [1.82, 2.24) is 9.55 Å². The molecule has 28 heavy (non-hydrogen) atoms. The fraction of sp³-hybridized carbons (Fsp3) is 0.0800. The maximum absolute atomic E-state index is 4.95. The highest BCUT2D eigenvalue weighted by Gasteiger charge is 2.12. The minimum absolute atomic E-state index is 0.826. The summed E-state index contributed by atoms with van der Waals surface area (Å²) in [6.45, 7) is 0.826. The maximum atomic E-state index is 4.95. The topological polar surface area (TPSA) is 17.8 Å². The van der Waals surface area contributed by atoms with Gasteiger partial charge in [-0.2, -0.15) is 0 Å². The van der Waals surface area contributed by atoms with Gasteiger partial charge < -0.3 is 4.57 Å². The number of benzene rings is 4. The van der Waals surface area contributed by atoms with E-state index in [1.165, 1.54) is 26.7 Å². The average Bonchev–Trinajstić information content (AvgIpc) is 3.11. The normalized spacial score (nSPS) is 11.3. The first kappa shape index (κ1) is 17.1. The molecular formula is C25H20N2S. The molecule has 5 rings (SSSR count). The van der Waals surface area contributed by atoms with Crippen LogP contribution in [0.2, 0.25) is 0 Å². The smallest absolute Gasteiger partial charge is 0.120 e. The zero-order valence-electron chi connectivity index (χ0n) is 15.5. The molecule has 0 aliphatic heterocycles. The Bertz CT molecular complexity index is 1240. The molecule has 0 unspecified atom stereocenters. The van der Waals surface area contributed by atoms with Crippen LogP contribution in [0.15, 0.2) is 102 Å². The minimum Gasteiger partial charge on any atom is -0.323 e. The quantitative estimate of drug-likeness (QED) is 0.323. The van der Waals surface area contributed by atoms with Crippen LogP contribution in [0, 0.1) is 0 Å². The SMILES string of the molecule is c1ccc(SCc2nc3ccccc3n2Cc2cccc3ccccc23)cc1. The molecule has 2 nitrogen and oxygen atoms in total. The molecule has 0 atom stereocenters. The van der Waals surface area contributed by atoms with Crippen molar-refractivity contribution in [3.8, 4) is 0 Å². The fourth-order valence-corrected chi connectivity index (χ4v) is 4.54. The second-order valence-electron chi connectivity index (χ2n) is 6.84. The number of fused-ring (bicyclic) bond motifs is 2. The monoisotopic (exact) mass is 380 g/mol. The van der Waals surface area contributed by atoms with Crippen molar-refractivity contribution < 1.29 is 0 Å². The van der Waals surface area contributed by atoms with Crippen LogP contribution in [0.4, 0.5) is 0 Å². The highest BCUT2D eigenvalue weighted by Crippen LogP contribution is 2.27. The Labute approximate surface area is 168 Å². The summed E-state index contributed by atoms with van der Waals surface area (Å²) in [5.74, 6) is 1.96. The van der Waals surface area contributed by atoms with Crippen LogP contribution in [0.25, 0.3) is 21.8 Å². The van der Waals surface area contributed by atoms with Crippen LogP contribution in [0.3, 0.4) is 0 Å². The molecule has 0 aliphatic rings. The Balaban J connectivity index is 1.55. The van der Waals surface area contributed by atoms with E-state index in [0.29, 0.717) is 0 Å². The lowest BCUT2D eigenvalue weighted by molar-refractivity contribution is 0.785. The van der Waals surface area contributed by atoms with Crippen LogP contribution in [0.1, 0.15) is 11.4 Å². The lowest BCUT2D eigenvalue weighted by atomic mass is 10.0. The molecule has 1 heterocycles. The number of aromatic nitrogens is 2. The van der Waals surface area contributed by atoms with E-state index in [1.54, 1.807) is 0 Å². The highest BCUT2D eigenvalue weighted by molar-refractivity contribution is 7.98. The van der Waals surface area contributed by atoms with Crippen molar-refractivity contribution in [2.75, 3.05) is 0 Å². The molecule has 136 valence electrons. The summed E-state index contributed by atoms with van der Waals surface area (Å²) in [5.41, 5.74) is 3.58. The maximum Gasteiger partial charge on any atom is 0.120 e. The highest BCUT2D eigenvalue weighted by atomic mass is 32.2. The lowest BCUT2D eigenvalue weighted by Crippen LogP contribution is -2.05. The van der Waals surface area contributed by atoms with E-state index >= 15 is 0 Å². The second kappa shape index (κ2) is 7.53. The standard InChI is InChI=1S/C25H20N2S/c1-2-12-21(13-3-1)28-18-25-26-23-15-6-7-16-24(23)27(25)17-20-11-8-10-19-9-4-5-14-22(19)20/h1-16H,17-18H2. The van der Waals surface area contributed by atoms with Gasteiger partial charge in [0.15, 0.2) is 0 Å². The molecule has 0 aliphatic carbocycles. The van der Waals surface area contributed by atoms with Gasteiger partial charge in [-0.3, -0.25) is 0 Å². The average molecular weight is 381 g/mol. The number of thioether (sulfide) groups is 1. The van der Waals surface area contributed by atoms with Gasteiger partial charge in [-0.05, 0) is 40.6 Å². The van der Waals surface area contributed by atoms with Crippen molar-refractivity contribution in [1.29, 1.82) is 0 Å².